The fourth-order valence-corrected chi connectivity index (χ4v) is 1.85. The van der Waals surface area contributed by atoms with Crippen LogP contribution in [0.4, 0.5) is 5.95 Å². The van der Waals surface area contributed by atoms with Crippen LogP contribution in [0.1, 0.15) is 33.3 Å². The second kappa shape index (κ2) is 5.16. The van der Waals surface area contributed by atoms with Gasteiger partial charge in [0.05, 0.1) is 11.2 Å². The van der Waals surface area contributed by atoms with Crippen molar-refractivity contribution < 1.29 is 9.31 Å². The van der Waals surface area contributed by atoms with E-state index in [0.717, 1.165) is 11.0 Å². The molecule has 0 atom stereocenters. The van der Waals surface area contributed by atoms with E-state index in [9.17, 15) is 0 Å². The van der Waals surface area contributed by atoms with Crippen LogP contribution in [-0.4, -0.2) is 34.8 Å². The van der Waals surface area contributed by atoms with E-state index in [-0.39, 0.29) is 17.2 Å². The SMILES string of the molecule is CC1(C)OB(C(=Cc2cnc(N)nc2)CN)OC1(C)C. The van der Waals surface area contributed by atoms with Crippen LogP contribution in [0.5, 0.6) is 0 Å². The minimum absolute atomic E-state index is 0.243. The van der Waals surface area contributed by atoms with Gasteiger partial charge < -0.3 is 20.8 Å². The van der Waals surface area contributed by atoms with Crippen molar-refractivity contribution in [2.75, 3.05) is 12.3 Å². The van der Waals surface area contributed by atoms with Crippen molar-refractivity contribution in [3.8, 4) is 0 Å². The monoisotopic (exact) mass is 276 g/mol. The minimum Gasteiger partial charge on any atom is -0.400 e. The quantitative estimate of drug-likeness (QED) is 0.800. The molecule has 1 aromatic heterocycles. The fourth-order valence-electron chi connectivity index (χ4n) is 1.85. The van der Waals surface area contributed by atoms with E-state index >= 15 is 0 Å². The standard InChI is InChI=1S/C13H21BN4O2/c1-12(2)13(3,4)20-14(19-12)10(6-15)5-9-7-17-11(16)18-8-9/h5,7-8H,6,15H2,1-4H3,(H2,16,17,18). The predicted octanol–water partition coefficient (Wildman–Crippen LogP) is 1.03. The summed E-state index contributed by atoms with van der Waals surface area (Å²) in [5, 5.41) is 0. The van der Waals surface area contributed by atoms with Gasteiger partial charge in [0.1, 0.15) is 0 Å². The van der Waals surface area contributed by atoms with Gasteiger partial charge in [0, 0.05) is 24.5 Å². The van der Waals surface area contributed by atoms with E-state index in [1.54, 1.807) is 12.4 Å². The lowest BCUT2D eigenvalue weighted by molar-refractivity contribution is 0.00578. The average Bonchev–Trinajstić information content (AvgIpc) is 2.57. The van der Waals surface area contributed by atoms with E-state index in [1.165, 1.54) is 0 Å². The molecule has 4 N–H and O–H groups in total. The summed E-state index contributed by atoms with van der Waals surface area (Å²) in [5.41, 5.74) is 12.2. The van der Waals surface area contributed by atoms with Crippen LogP contribution < -0.4 is 11.5 Å². The molecule has 0 amide bonds. The van der Waals surface area contributed by atoms with Gasteiger partial charge in [-0.3, -0.25) is 0 Å². The molecule has 0 unspecified atom stereocenters. The number of hydrogen-bond acceptors (Lipinski definition) is 6. The molecular weight excluding hydrogens is 255 g/mol. The Morgan fingerprint density at radius 1 is 1.20 bits per heavy atom. The molecule has 2 heterocycles. The number of nitrogens with zero attached hydrogens (tertiary/aromatic N) is 2. The highest BCUT2D eigenvalue weighted by Crippen LogP contribution is 2.38. The second-order valence-electron chi connectivity index (χ2n) is 5.89. The molecule has 0 saturated carbocycles. The summed E-state index contributed by atoms with van der Waals surface area (Å²) in [5.74, 6) is 0.243. The van der Waals surface area contributed by atoms with Crippen molar-refractivity contribution in [2.45, 2.75) is 38.9 Å². The molecule has 1 aliphatic rings. The third-order valence-corrected chi connectivity index (χ3v) is 3.84. The Kier molecular flexibility index (Phi) is 3.86. The summed E-state index contributed by atoms with van der Waals surface area (Å²) < 4.78 is 12.0. The van der Waals surface area contributed by atoms with Gasteiger partial charge in [-0.1, -0.05) is 6.08 Å². The van der Waals surface area contributed by atoms with Crippen LogP contribution in [-0.2, 0) is 9.31 Å². The molecule has 0 aliphatic carbocycles. The third kappa shape index (κ3) is 2.84. The Bertz CT molecular complexity index is 498. The Labute approximate surface area is 119 Å². The lowest BCUT2D eigenvalue weighted by Crippen LogP contribution is -2.41. The molecule has 6 nitrogen and oxygen atoms in total. The number of nitrogen functional groups attached to an aromatic ring is 1. The van der Waals surface area contributed by atoms with E-state index in [1.807, 2.05) is 33.8 Å². The van der Waals surface area contributed by atoms with Gasteiger partial charge in [0.15, 0.2) is 0 Å². The number of aromatic nitrogens is 2. The highest BCUT2D eigenvalue weighted by molar-refractivity contribution is 6.55. The van der Waals surface area contributed by atoms with Crippen molar-refractivity contribution in [1.82, 2.24) is 9.97 Å². The molecule has 0 bridgehead atoms. The van der Waals surface area contributed by atoms with E-state index in [4.69, 9.17) is 20.8 Å². The van der Waals surface area contributed by atoms with E-state index in [2.05, 4.69) is 9.97 Å². The topological polar surface area (TPSA) is 96.3 Å². The molecule has 1 fully saturated rings. The largest absolute Gasteiger partial charge is 0.491 e. The van der Waals surface area contributed by atoms with Gasteiger partial charge >= 0.3 is 7.12 Å². The Hall–Kier alpha value is -1.44. The normalized spacial score (nSPS) is 21.2. The molecule has 0 radical (unpaired) electrons. The lowest BCUT2D eigenvalue weighted by atomic mass is 9.77. The molecular formula is C13H21BN4O2. The number of hydrogen-bond donors (Lipinski definition) is 2. The first-order valence-electron chi connectivity index (χ1n) is 6.59. The first-order chi connectivity index (χ1) is 9.25. The van der Waals surface area contributed by atoms with Crippen LogP contribution in [0, 0.1) is 0 Å². The van der Waals surface area contributed by atoms with Gasteiger partial charge in [0.25, 0.3) is 0 Å². The maximum Gasteiger partial charge on any atom is 0.491 e. The van der Waals surface area contributed by atoms with Crippen LogP contribution >= 0.6 is 0 Å². The highest BCUT2D eigenvalue weighted by Gasteiger charge is 2.52. The number of nitrogens with two attached hydrogens (primary N) is 2. The Balaban J connectivity index is 2.24. The second-order valence-corrected chi connectivity index (χ2v) is 5.89. The van der Waals surface area contributed by atoms with E-state index in [0.29, 0.717) is 6.54 Å². The van der Waals surface area contributed by atoms with Gasteiger partial charge in [0.2, 0.25) is 5.95 Å². The van der Waals surface area contributed by atoms with Crippen molar-refractivity contribution in [1.29, 1.82) is 0 Å². The summed E-state index contributed by atoms with van der Waals surface area (Å²) in [7, 11) is -0.456. The number of anilines is 1. The summed E-state index contributed by atoms with van der Waals surface area (Å²) in [6.07, 6.45) is 5.16. The smallest absolute Gasteiger partial charge is 0.400 e. The van der Waals surface area contributed by atoms with Gasteiger partial charge in [-0.15, -0.1) is 0 Å². The zero-order valence-corrected chi connectivity index (χ0v) is 12.4. The molecule has 7 heteroatoms. The van der Waals surface area contributed by atoms with Crippen LogP contribution in [0.2, 0.25) is 0 Å². The zero-order valence-electron chi connectivity index (χ0n) is 12.4. The molecule has 2 rings (SSSR count). The number of rotatable bonds is 3. The van der Waals surface area contributed by atoms with Crippen LogP contribution in [0.15, 0.2) is 17.9 Å². The lowest BCUT2D eigenvalue weighted by Gasteiger charge is -2.32. The fraction of sp³-hybridized carbons (Fsp3) is 0.538. The van der Waals surface area contributed by atoms with Crippen molar-refractivity contribution in [3.63, 3.8) is 0 Å². The highest BCUT2D eigenvalue weighted by atomic mass is 16.7. The molecule has 0 aromatic carbocycles. The summed E-state index contributed by atoms with van der Waals surface area (Å²) in [6, 6.07) is 0. The molecule has 0 spiro atoms. The molecule has 1 aliphatic heterocycles. The van der Waals surface area contributed by atoms with Gasteiger partial charge in [-0.2, -0.15) is 0 Å². The van der Waals surface area contributed by atoms with E-state index < -0.39 is 7.12 Å². The summed E-state index contributed by atoms with van der Waals surface area (Å²) in [4.78, 5) is 7.90. The summed E-state index contributed by atoms with van der Waals surface area (Å²) in [6.45, 7) is 8.36. The predicted molar refractivity (Wildman–Crippen MR) is 79.6 cm³/mol. The first kappa shape index (κ1) is 15.0. The Morgan fingerprint density at radius 3 is 2.15 bits per heavy atom. The molecule has 1 saturated heterocycles. The van der Waals surface area contributed by atoms with Gasteiger partial charge in [-0.25, -0.2) is 9.97 Å². The molecule has 20 heavy (non-hydrogen) atoms. The average molecular weight is 276 g/mol. The first-order valence-corrected chi connectivity index (χ1v) is 6.59. The van der Waals surface area contributed by atoms with Crippen molar-refractivity contribution in [2.24, 2.45) is 5.73 Å². The minimum atomic E-state index is -0.456. The van der Waals surface area contributed by atoms with Gasteiger partial charge in [-0.05, 0) is 33.2 Å². The van der Waals surface area contributed by atoms with Crippen LogP contribution in [0.3, 0.4) is 0 Å². The van der Waals surface area contributed by atoms with Crippen molar-refractivity contribution in [3.05, 3.63) is 23.4 Å². The van der Waals surface area contributed by atoms with Crippen LogP contribution in [0.25, 0.3) is 6.08 Å². The maximum atomic E-state index is 5.98. The van der Waals surface area contributed by atoms with Crippen molar-refractivity contribution >= 4 is 19.1 Å². The third-order valence-electron chi connectivity index (χ3n) is 3.84. The molecule has 1 aromatic rings. The Morgan fingerprint density at radius 2 is 1.70 bits per heavy atom. The summed E-state index contributed by atoms with van der Waals surface area (Å²) >= 11 is 0. The zero-order chi connectivity index (χ0) is 15.0. The molecule has 108 valence electrons. The maximum absolute atomic E-state index is 5.98.